The summed E-state index contributed by atoms with van der Waals surface area (Å²) in [7, 11) is 0. The van der Waals surface area contributed by atoms with E-state index in [1.165, 1.54) is 6.42 Å². The van der Waals surface area contributed by atoms with Crippen molar-refractivity contribution in [3.63, 3.8) is 0 Å². The molecule has 3 heteroatoms. The van der Waals surface area contributed by atoms with Crippen LogP contribution in [0, 0.1) is 0 Å². The predicted molar refractivity (Wildman–Crippen MR) is 37.2 cm³/mol. The largest absolute Gasteiger partial charge is 0.356 e. The molecule has 2 nitrogen and oxygen atoms in total. The van der Waals surface area contributed by atoms with E-state index in [0.29, 0.717) is 0 Å². The summed E-state index contributed by atoms with van der Waals surface area (Å²) in [5, 5.41) is 2.81. The first kappa shape index (κ1) is 9.24. The van der Waals surface area contributed by atoms with E-state index in [1.807, 2.05) is 0 Å². The van der Waals surface area contributed by atoms with Crippen LogP contribution in [-0.4, -0.2) is 35.5 Å². The van der Waals surface area contributed by atoms with Crippen molar-refractivity contribution in [1.29, 1.82) is 0 Å². The zero-order chi connectivity index (χ0) is 5.82. The quantitative estimate of drug-likeness (QED) is 0.478. The summed E-state index contributed by atoms with van der Waals surface area (Å²) in [5.41, 5.74) is 0. The van der Waals surface area contributed by atoms with Crippen LogP contribution >= 0.6 is 0 Å². The third-order valence-corrected chi connectivity index (χ3v) is 1.40. The van der Waals surface area contributed by atoms with Crippen molar-refractivity contribution >= 4 is 29.0 Å². The normalized spacial score (nSPS) is 19.3. The van der Waals surface area contributed by atoms with Gasteiger partial charge in [-0.3, -0.25) is 4.79 Å². The molecule has 1 amide bonds. The maximum absolute atomic E-state index is 10.6. The highest BCUT2D eigenvalue weighted by Gasteiger charge is 2.03. The van der Waals surface area contributed by atoms with Gasteiger partial charge in [0.15, 0.2) is 0 Å². The van der Waals surface area contributed by atoms with E-state index in [-0.39, 0.29) is 29.0 Å². The summed E-state index contributed by atoms with van der Waals surface area (Å²) >= 11 is 0. The SMILES string of the molecule is O=C1CCCCCN1.[Mg]. The number of amides is 1. The lowest BCUT2D eigenvalue weighted by Gasteiger charge is -1.93. The van der Waals surface area contributed by atoms with Gasteiger partial charge in [0.1, 0.15) is 0 Å². The van der Waals surface area contributed by atoms with Crippen LogP contribution < -0.4 is 5.32 Å². The van der Waals surface area contributed by atoms with Gasteiger partial charge in [0.05, 0.1) is 0 Å². The molecule has 0 unspecified atom stereocenters. The number of carbonyl (C=O) groups is 1. The van der Waals surface area contributed by atoms with Crippen molar-refractivity contribution in [2.24, 2.45) is 0 Å². The highest BCUT2D eigenvalue weighted by Crippen LogP contribution is 2.02. The maximum atomic E-state index is 10.6. The maximum Gasteiger partial charge on any atom is 0.219 e. The fourth-order valence-corrected chi connectivity index (χ4v) is 0.904. The van der Waals surface area contributed by atoms with E-state index in [9.17, 15) is 4.79 Å². The Kier molecular flexibility index (Phi) is 5.19. The van der Waals surface area contributed by atoms with Crippen LogP contribution in [0.15, 0.2) is 0 Å². The average Bonchev–Trinajstić information content (AvgIpc) is 1.94. The number of hydrogen-bond acceptors (Lipinski definition) is 1. The number of carbonyl (C=O) groups excluding carboxylic acids is 1. The summed E-state index contributed by atoms with van der Waals surface area (Å²) in [5.74, 6) is 0.225. The van der Waals surface area contributed by atoms with Crippen LogP contribution in [0.3, 0.4) is 0 Å². The summed E-state index contributed by atoms with van der Waals surface area (Å²) < 4.78 is 0. The van der Waals surface area contributed by atoms with Crippen molar-refractivity contribution in [2.45, 2.75) is 25.7 Å². The fraction of sp³-hybridized carbons (Fsp3) is 0.833. The van der Waals surface area contributed by atoms with Gasteiger partial charge in [0, 0.05) is 36.0 Å². The van der Waals surface area contributed by atoms with Crippen molar-refractivity contribution in [3.8, 4) is 0 Å². The predicted octanol–water partition coefficient (Wildman–Crippen LogP) is 0.296. The van der Waals surface area contributed by atoms with Crippen LogP contribution in [-0.2, 0) is 4.79 Å². The average molecular weight is 137 g/mol. The van der Waals surface area contributed by atoms with E-state index in [1.54, 1.807) is 0 Å². The summed E-state index contributed by atoms with van der Waals surface area (Å²) in [4.78, 5) is 10.6. The Labute approximate surface area is 71.5 Å². The summed E-state index contributed by atoms with van der Waals surface area (Å²) in [6, 6.07) is 0. The molecule has 0 spiro atoms. The second kappa shape index (κ2) is 5.06. The second-order valence-electron chi connectivity index (χ2n) is 2.16. The van der Waals surface area contributed by atoms with Crippen LogP contribution in [0.2, 0.25) is 0 Å². The van der Waals surface area contributed by atoms with Crippen molar-refractivity contribution in [2.75, 3.05) is 6.54 Å². The first-order valence-corrected chi connectivity index (χ1v) is 3.16. The van der Waals surface area contributed by atoms with Gasteiger partial charge in [-0.25, -0.2) is 0 Å². The van der Waals surface area contributed by atoms with E-state index in [2.05, 4.69) is 5.32 Å². The van der Waals surface area contributed by atoms with Gasteiger partial charge in [-0.2, -0.15) is 0 Å². The van der Waals surface area contributed by atoms with Crippen LogP contribution in [0.1, 0.15) is 25.7 Å². The minimum Gasteiger partial charge on any atom is -0.356 e. The van der Waals surface area contributed by atoms with Crippen LogP contribution in [0.5, 0.6) is 0 Å². The zero-order valence-electron chi connectivity index (χ0n) is 5.65. The van der Waals surface area contributed by atoms with Crippen LogP contribution in [0.4, 0.5) is 0 Å². The Bertz CT molecular complexity index is 85.1. The lowest BCUT2D eigenvalue weighted by molar-refractivity contribution is -0.120. The summed E-state index contributed by atoms with van der Waals surface area (Å²) in [6.07, 6.45) is 4.18. The Balaban J connectivity index is 0.000000640. The topological polar surface area (TPSA) is 29.1 Å². The lowest BCUT2D eigenvalue weighted by atomic mass is 10.2. The number of hydrogen-bond donors (Lipinski definition) is 1. The molecule has 48 valence electrons. The molecular weight excluding hydrogens is 126 g/mol. The first-order chi connectivity index (χ1) is 3.89. The summed E-state index contributed by atoms with van der Waals surface area (Å²) in [6.45, 7) is 0.888. The van der Waals surface area contributed by atoms with Gasteiger partial charge in [-0.05, 0) is 12.8 Å². The monoisotopic (exact) mass is 137 g/mol. The molecule has 9 heavy (non-hydrogen) atoms. The minimum atomic E-state index is 0. The number of nitrogens with one attached hydrogen (secondary N) is 1. The molecule has 1 rings (SSSR count). The van der Waals surface area contributed by atoms with Crippen molar-refractivity contribution in [3.05, 3.63) is 0 Å². The minimum absolute atomic E-state index is 0. The highest BCUT2D eigenvalue weighted by atomic mass is 24.3. The Morgan fingerprint density at radius 3 is 2.78 bits per heavy atom. The lowest BCUT2D eigenvalue weighted by Crippen LogP contribution is -2.21. The second-order valence-corrected chi connectivity index (χ2v) is 2.16. The van der Waals surface area contributed by atoms with Gasteiger partial charge in [0.25, 0.3) is 0 Å². The molecule has 1 heterocycles. The van der Waals surface area contributed by atoms with Crippen LogP contribution in [0.25, 0.3) is 0 Å². The highest BCUT2D eigenvalue weighted by molar-refractivity contribution is 5.76. The molecule has 1 fully saturated rings. The molecule has 1 aliphatic heterocycles. The van der Waals surface area contributed by atoms with Gasteiger partial charge < -0.3 is 5.32 Å². The van der Waals surface area contributed by atoms with E-state index < -0.39 is 0 Å². The van der Waals surface area contributed by atoms with Gasteiger partial charge in [-0.15, -0.1) is 0 Å². The molecule has 2 radical (unpaired) electrons. The molecule has 1 aliphatic rings. The molecule has 0 aliphatic carbocycles. The van der Waals surface area contributed by atoms with Crippen molar-refractivity contribution < 1.29 is 4.79 Å². The molecule has 0 atom stereocenters. The van der Waals surface area contributed by atoms with E-state index in [0.717, 1.165) is 25.8 Å². The Morgan fingerprint density at radius 2 is 2.00 bits per heavy atom. The standard InChI is InChI=1S/C6H11NO.Mg/c8-6-4-2-1-3-5-7-6;/h1-5H2,(H,7,8);. The Morgan fingerprint density at radius 1 is 1.22 bits per heavy atom. The van der Waals surface area contributed by atoms with E-state index in [4.69, 9.17) is 0 Å². The molecular formula is C6H11MgNO. The molecule has 0 bridgehead atoms. The van der Waals surface area contributed by atoms with Gasteiger partial charge in [-0.1, -0.05) is 6.42 Å². The molecule has 0 saturated carbocycles. The fourth-order valence-electron chi connectivity index (χ4n) is 0.904. The molecule has 1 saturated heterocycles. The van der Waals surface area contributed by atoms with Gasteiger partial charge >= 0.3 is 0 Å². The Hall–Kier alpha value is 0.236. The number of rotatable bonds is 0. The van der Waals surface area contributed by atoms with E-state index >= 15 is 0 Å². The first-order valence-electron chi connectivity index (χ1n) is 3.16. The third kappa shape index (κ3) is 3.75. The molecule has 1 N–H and O–H groups in total. The molecule has 0 aromatic heterocycles. The smallest absolute Gasteiger partial charge is 0.219 e. The zero-order valence-corrected chi connectivity index (χ0v) is 7.07. The van der Waals surface area contributed by atoms with Crippen molar-refractivity contribution in [1.82, 2.24) is 5.32 Å². The molecule has 0 aromatic rings. The molecule has 0 aromatic carbocycles. The van der Waals surface area contributed by atoms with Gasteiger partial charge in [0.2, 0.25) is 5.91 Å². The third-order valence-electron chi connectivity index (χ3n) is 1.40.